The van der Waals surface area contributed by atoms with Crippen LogP contribution in [0.1, 0.15) is 51.2 Å². The summed E-state index contributed by atoms with van der Waals surface area (Å²) in [5.41, 5.74) is 5.60. The molecule has 2 rings (SSSR count). The molecule has 0 aromatic carbocycles. The quantitative estimate of drug-likeness (QED) is 0.868. The van der Waals surface area contributed by atoms with Gasteiger partial charge in [0.1, 0.15) is 0 Å². The molecule has 5 heteroatoms. The van der Waals surface area contributed by atoms with E-state index in [1.165, 1.54) is 0 Å². The molecule has 0 radical (unpaired) electrons. The lowest BCUT2D eigenvalue weighted by Gasteiger charge is -2.13. The van der Waals surface area contributed by atoms with Crippen LogP contribution >= 0.6 is 0 Å². The summed E-state index contributed by atoms with van der Waals surface area (Å²) in [6, 6.07) is 0. The van der Waals surface area contributed by atoms with Crippen molar-refractivity contribution in [3.63, 3.8) is 0 Å². The highest BCUT2D eigenvalue weighted by molar-refractivity contribution is 5.05. The molecule has 1 aromatic heterocycles. The second-order valence-corrected chi connectivity index (χ2v) is 5.06. The highest BCUT2D eigenvalue weighted by Gasteiger charge is 2.41. The molecule has 1 aliphatic rings. The predicted molar refractivity (Wildman–Crippen MR) is 63.7 cm³/mol. The molecule has 0 aliphatic carbocycles. The van der Waals surface area contributed by atoms with Crippen LogP contribution in [-0.4, -0.2) is 28.9 Å². The van der Waals surface area contributed by atoms with Crippen LogP contribution in [0.4, 0.5) is 0 Å². The van der Waals surface area contributed by atoms with E-state index in [-0.39, 0.29) is 24.0 Å². The average Bonchev–Trinajstić information content (AvgIpc) is 2.85. The lowest BCUT2D eigenvalue weighted by Crippen LogP contribution is -2.16. The van der Waals surface area contributed by atoms with Crippen molar-refractivity contribution in [2.45, 2.75) is 51.7 Å². The third-order valence-electron chi connectivity index (χ3n) is 3.78. The second-order valence-electron chi connectivity index (χ2n) is 5.06. The van der Waals surface area contributed by atoms with Gasteiger partial charge in [-0.1, -0.05) is 19.0 Å². The molecule has 5 nitrogen and oxygen atoms in total. The van der Waals surface area contributed by atoms with E-state index in [9.17, 15) is 0 Å². The van der Waals surface area contributed by atoms with E-state index in [0.29, 0.717) is 24.2 Å². The summed E-state index contributed by atoms with van der Waals surface area (Å²) in [6.45, 7) is 8.83. The Kier molecular flexibility index (Phi) is 3.49. The molecular weight excluding hydrogens is 218 g/mol. The highest BCUT2D eigenvalue weighted by Crippen LogP contribution is 2.39. The minimum Gasteiger partial charge on any atom is -0.374 e. The van der Waals surface area contributed by atoms with E-state index in [2.05, 4.69) is 30.9 Å². The first-order valence-corrected chi connectivity index (χ1v) is 6.23. The Morgan fingerprint density at radius 1 is 1.29 bits per heavy atom. The smallest absolute Gasteiger partial charge is 0.232 e. The maximum atomic E-state index is 5.78. The van der Waals surface area contributed by atoms with Crippen LogP contribution in [0.15, 0.2) is 4.52 Å². The van der Waals surface area contributed by atoms with Crippen LogP contribution < -0.4 is 5.73 Å². The lowest BCUT2D eigenvalue weighted by molar-refractivity contribution is 0.0542. The summed E-state index contributed by atoms with van der Waals surface area (Å²) in [5, 5.41) is 4.00. The zero-order chi connectivity index (χ0) is 12.6. The van der Waals surface area contributed by atoms with Crippen LogP contribution in [0.5, 0.6) is 0 Å². The van der Waals surface area contributed by atoms with Crippen molar-refractivity contribution >= 4 is 0 Å². The van der Waals surface area contributed by atoms with E-state index < -0.39 is 0 Å². The summed E-state index contributed by atoms with van der Waals surface area (Å²) in [6.07, 6.45) is 0.360. The lowest BCUT2D eigenvalue weighted by atomic mass is 9.89. The Bertz CT molecular complexity index is 380. The summed E-state index contributed by atoms with van der Waals surface area (Å²) in [5.74, 6) is 2.10. The molecule has 96 valence electrons. The minimum absolute atomic E-state index is 0.126. The number of nitrogens with two attached hydrogens (primary N) is 1. The molecule has 1 aromatic rings. The van der Waals surface area contributed by atoms with Crippen molar-refractivity contribution in [1.82, 2.24) is 10.1 Å². The molecule has 1 fully saturated rings. The van der Waals surface area contributed by atoms with Gasteiger partial charge in [-0.25, -0.2) is 0 Å². The third kappa shape index (κ3) is 2.21. The Balaban J connectivity index is 2.20. The standard InChI is InChI=1S/C12H21N3O2/c1-6(5-13)11-14-12(17-15-11)10-7(2)8(3)16-9(10)4/h6-10H,5,13H2,1-4H3. The molecule has 2 N–H and O–H groups in total. The van der Waals surface area contributed by atoms with E-state index >= 15 is 0 Å². The predicted octanol–water partition coefficient (Wildman–Crippen LogP) is 1.66. The van der Waals surface area contributed by atoms with Gasteiger partial charge in [0.15, 0.2) is 5.82 Å². The topological polar surface area (TPSA) is 74.2 Å². The first-order valence-electron chi connectivity index (χ1n) is 6.23. The Morgan fingerprint density at radius 3 is 2.53 bits per heavy atom. The van der Waals surface area contributed by atoms with E-state index in [0.717, 1.165) is 0 Å². The zero-order valence-corrected chi connectivity index (χ0v) is 10.9. The molecule has 0 spiro atoms. The molecule has 2 heterocycles. The largest absolute Gasteiger partial charge is 0.374 e. The van der Waals surface area contributed by atoms with Crippen molar-refractivity contribution in [3.05, 3.63) is 11.7 Å². The van der Waals surface area contributed by atoms with Crippen LogP contribution in [-0.2, 0) is 4.74 Å². The van der Waals surface area contributed by atoms with Crippen molar-refractivity contribution in [2.24, 2.45) is 11.7 Å². The van der Waals surface area contributed by atoms with Gasteiger partial charge in [0.2, 0.25) is 5.89 Å². The Labute approximate surface area is 102 Å². The van der Waals surface area contributed by atoms with Crippen molar-refractivity contribution in [2.75, 3.05) is 6.54 Å². The van der Waals surface area contributed by atoms with Gasteiger partial charge in [-0.3, -0.25) is 0 Å². The van der Waals surface area contributed by atoms with Gasteiger partial charge in [0, 0.05) is 12.5 Å². The summed E-state index contributed by atoms with van der Waals surface area (Å²) in [7, 11) is 0. The summed E-state index contributed by atoms with van der Waals surface area (Å²) >= 11 is 0. The Hall–Kier alpha value is -0.940. The maximum absolute atomic E-state index is 5.78. The van der Waals surface area contributed by atoms with Gasteiger partial charge in [0.05, 0.1) is 18.1 Å². The van der Waals surface area contributed by atoms with Gasteiger partial charge in [-0.2, -0.15) is 4.98 Å². The molecule has 1 aliphatic heterocycles. The molecule has 5 atom stereocenters. The number of nitrogens with zero attached hydrogens (tertiary/aromatic N) is 2. The minimum atomic E-state index is 0.126. The molecule has 0 amide bonds. The van der Waals surface area contributed by atoms with Gasteiger partial charge in [-0.05, 0) is 19.8 Å². The number of aromatic nitrogens is 2. The van der Waals surface area contributed by atoms with Crippen molar-refractivity contribution in [3.8, 4) is 0 Å². The number of hydrogen-bond acceptors (Lipinski definition) is 5. The molecule has 17 heavy (non-hydrogen) atoms. The average molecular weight is 239 g/mol. The fraction of sp³-hybridized carbons (Fsp3) is 0.833. The normalized spacial score (nSPS) is 35.1. The summed E-state index contributed by atoms with van der Waals surface area (Å²) < 4.78 is 11.1. The first-order chi connectivity index (χ1) is 8.04. The zero-order valence-electron chi connectivity index (χ0n) is 10.9. The number of hydrogen-bond donors (Lipinski definition) is 1. The molecule has 0 saturated carbocycles. The van der Waals surface area contributed by atoms with Gasteiger partial charge in [-0.15, -0.1) is 0 Å². The number of ether oxygens (including phenoxy) is 1. The van der Waals surface area contributed by atoms with Gasteiger partial charge in [0.25, 0.3) is 0 Å². The van der Waals surface area contributed by atoms with E-state index in [1.807, 2.05) is 6.92 Å². The van der Waals surface area contributed by atoms with Crippen LogP contribution in [0.3, 0.4) is 0 Å². The fourth-order valence-corrected chi connectivity index (χ4v) is 2.38. The van der Waals surface area contributed by atoms with Gasteiger partial charge < -0.3 is 15.0 Å². The SMILES string of the molecule is CC(CN)c1noc(C2C(C)OC(C)C2C)n1. The van der Waals surface area contributed by atoms with Crippen LogP contribution in [0, 0.1) is 5.92 Å². The van der Waals surface area contributed by atoms with Crippen molar-refractivity contribution in [1.29, 1.82) is 0 Å². The third-order valence-corrected chi connectivity index (χ3v) is 3.78. The molecule has 0 bridgehead atoms. The number of rotatable bonds is 3. The summed E-state index contributed by atoms with van der Waals surface area (Å²) in [4.78, 5) is 4.46. The van der Waals surface area contributed by atoms with E-state index in [1.54, 1.807) is 0 Å². The molecular formula is C12H21N3O2. The first kappa shape index (κ1) is 12.5. The molecule has 1 saturated heterocycles. The van der Waals surface area contributed by atoms with Crippen LogP contribution in [0.2, 0.25) is 0 Å². The van der Waals surface area contributed by atoms with E-state index in [4.69, 9.17) is 15.0 Å². The highest BCUT2D eigenvalue weighted by atomic mass is 16.5. The fourth-order valence-electron chi connectivity index (χ4n) is 2.38. The Morgan fingerprint density at radius 2 is 2.00 bits per heavy atom. The maximum Gasteiger partial charge on any atom is 0.232 e. The second kappa shape index (κ2) is 4.74. The molecule has 5 unspecified atom stereocenters. The van der Waals surface area contributed by atoms with Gasteiger partial charge >= 0.3 is 0 Å². The van der Waals surface area contributed by atoms with Crippen LogP contribution in [0.25, 0.3) is 0 Å². The van der Waals surface area contributed by atoms with Crippen molar-refractivity contribution < 1.29 is 9.26 Å². The monoisotopic (exact) mass is 239 g/mol.